The molecule has 22 heavy (non-hydrogen) atoms. The van der Waals surface area contributed by atoms with Gasteiger partial charge >= 0.3 is 0 Å². The second-order valence-corrected chi connectivity index (χ2v) is 6.78. The average Bonchev–Trinajstić information content (AvgIpc) is 3.08. The van der Waals surface area contributed by atoms with Crippen LogP contribution < -0.4 is 0 Å². The second-order valence-electron chi connectivity index (χ2n) is 4.67. The van der Waals surface area contributed by atoms with Crippen molar-refractivity contribution in [2.75, 3.05) is 0 Å². The van der Waals surface area contributed by atoms with Gasteiger partial charge in [0.25, 0.3) is 0 Å². The van der Waals surface area contributed by atoms with Crippen LogP contribution in [0.1, 0.15) is 10.4 Å². The quantitative estimate of drug-likeness (QED) is 0.356. The number of benzene rings is 2. The number of para-hydroxylation sites is 1. The van der Waals surface area contributed by atoms with Gasteiger partial charge in [0, 0.05) is 3.57 Å². The van der Waals surface area contributed by atoms with Gasteiger partial charge in [-0.3, -0.25) is 0 Å². The predicted molar refractivity (Wildman–Crippen MR) is 105 cm³/mol. The lowest BCUT2D eigenvalue weighted by molar-refractivity contribution is 1.48. The standard InChI is InChI=1S/C19H14INS/c20-16-9-4-5-10-17(16)21-18(19-11-6-14-22-19)13-12-15-7-2-1-3-8-15/h1-14H/b13-12+,21-18?. The van der Waals surface area contributed by atoms with Gasteiger partial charge in [0.15, 0.2) is 0 Å². The Morgan fingerprint density at radius 2 is 1.68 bits per heavy atom. The normalized spacial score (nSPS) is 12.0. The zero-order chi connectivity index (χ0) is 15.2. The molecule has 0 aliphatic carbocycles. The molecule has 0 unspecified atom stereocenters. The summed E-state index contributed by atoms with van der Waals surface area (Å²) in [6.07, 6.45) is 4.19. The van der Waals surface area contributed by atoms with Crippen LogP contribution in [0.25, 0.3) is 6.08 Å². The van der Waals surface area contributed by atoms with Gasteiger partial charge in [-0.2, -0.15) is 0 Å². The van der Waals surface area contributed by atoms with E-state index in [-0.39, 0.29) is 0 Å². The second kappa shape index (κ2) is 7.51. The van der Waals surface area contributed by atoms with Crippen LogP contribution in [-0.4, -0.2) is 5.71 Å². The summed E-state index contributed by atoms with van der Waals surface area (Å²) >= 11 is 4.03. The summed E-state index contributed by atoms with van der Waals surface area (Å²) in [5, 5.41) is 2.08. The van der Waals surface area contributed by atoms with Crippen LogP contribution in [0.4, 0.5) is 5.69 Å². The van der Waals surface area contributed by atoms with E-state index >= 15 is 0 Å². The van der Waals surface area contributed by atoms with Crippen molar-refractivity contribution in [3.8, 4) is 0 Å². The van der Waals surface area contributed by atoms with Crippen LogP contribution in [0.2, 0.25) is 0 Å². The third-order valence-electron chi connectivity index (χ3n) is 3.10. The van der Waals surface area contributed by atoms with Gasteiger partial charge in [0.1, 0.15) is 0 Å². The topological polar surface area (TPSA) is 12.4 Å². The van der Waals surface area contributed by atoms with Gasteiger partial charge < -0.3 is 0 Å². The summed E-state index contributed by atoms with van der Waals surface area (Å²) in [5.74, 6) is 0. The minimum Gasteiger partial charge on any atom is -0.246 e. The minimum absolute atomic E-state index is 0.989. The van der Waals surface area contributed by atoms with E-state index in [1.54, 1.807) is 11.3 Å². The Balaban J connectivity index is 1.98. The highest BCUT2D eigenvalue weighted by Crippen LogP contribution is 2.23. The molecule has 0 aliphatic rings. The number of rotatable bonds is 4. The molecular formula is C19H14INS. The molecule has 0 N–H and O–H groups in total. The van der Waals surface area contributed by atoms with Crippen LogP contribution in [-0.2, 0) is 0 Å². The highest BCUT2D eigenvalue weighted by Gasteiger charge is 2.03. The van der Waals surface area contributed by atoms with Gasteiger partial charge in [0.05, 0.1) is 16.3 Å². The van der Waals surface area contributed by atoms with Crippen LogP contribution in [0.5, 0.6) is 0 Å². The third kappa shape index (κ3) is 3.93. The summed E-state index contributed by atoms with van der Waals surface area (Å²) in [4.78, 5) is 6.02. The van der Waals surface area contributed by atoms with Crippen molar-refractivity contribution in [2.45, 2.75) is 0 Å². The van der Waals surface area contributed by atoms with Crippen molar-refractivity contribution in [1.29, 1.82) is 0 Å². The Morgan fingerprint density at radius 3 is 2.41 bits per heavy atom. The van der Waals surface area contributed by atoms with Crippen LogP contribution >= 0.6 is 33.9 Å². The van der Waals surface area contributed by atoms with E-state index in [1.807, 2.05) is 36.4 Å². The Kier molecular flexibility index (Phi) is 5.19. The fourth-order valence-electron chi connectivity index (χ4n) is 2.01. The highest BCUT2D eigenvalue weighted by molar-refractivity contribution is 14.1. The third-order valence-corrected chi connectivity index (χ3v) is 4.90. The lowest BCUT2D eigenvalue weighted by Gasteiger charge is -2.02. The largest absolute Gasteiger partial charge is 0.246 e. The maximum atomic E-state index is 4.85. The maximum absolute atomic E-state index is 4.85. The molecule has 1 nitrogen and oxygen atoms in total. The first-order valence-electron chi connectivity index (χ1n) is 6.93. The van der Waals surface area contributed by atoms with Crippen molar-refractivity contribution in [3.63, 3.8) is 0 Å². The number of halogens is 1. The van der Waals surface area contributed by atoms with Crippen LogP contribution in [0.15, 0.2) is 83.2 Å². The van der Waals surface area contributed by atoms with Gasteiger partial charge in [-0.05, 0) is 57.8 Å². The molecule has 3 rings (SSSR count). The SMILES string of the molecule is Ic1ccccc1N=C(/C=C/c1ccccc1)c1cccs1. The van der Waals surface area contributed by atoms with Crippen LogP contribution in [0.3, 0.4) is 0 Å². The maximum Gasteiger partial charge on any atom is 0.0809 e. The molecule has 0 aliphatic heterocycles. The average molecular weight is 415 g/mol. The van der Waals surface area contributed by atoms with Gasteiger partial charge in [-0.25, -0.2) is 4.99 Å². The number of nitrogens with zero attached hydrogens (tertiary/aromatic N) is 1. The van der Waals surface area contributed by atoms with E-state index in [4.69, 9.17) is 4.99 Å². The van der Waals surface area contributed by atoms with E-state index in [1.165, 1.54) is 10.4 Å². The molecule has 0 atom stereocenters. The Morgan fingerprint density at radius 1 is 0.909 bits per heavy atom. The van der Waals surface area contributed by atoms with Crippen molar-refractivity contribution in [3.05, 3.63) is 92.2 Å². The first-order valence-corrected chi connectivity index (χ1v) is 8.89. The monoisotopic (exact) mass is 415 g/mol. The Bertz CT molecular complexity index is 789. The molecule has 1 aromatic heterocycles. The van der Waals surface area contributed by atoms with E-state index in [0.717, 1.165) is 15.0 Å². The molecular weight excluding hydrogens is 401 g/mol. The molecule has 3 heteroatoms. The lowest BCUT2D eigenvalue weighted by Crippen LogP contribution is -1.93. The highest BCUT2D eigenvalue weighted by atomic mass is 127. The van der Waals surface area contributed by atoms with Gasteiger partial charge in [-0.15, -0.1) is 11.3 Å². The lowest BCUT2D eigenvalue weighted by atomic mass is 10.2. The summed E-state index contributed by atoms with van der Waals surface area (Å²) in [6, 6.07) is 22.6. The molecule has 0 fully saturated rings. The summed E-state index contributed by atoms with van der Waals surface area (Å²) in [5.41, 5.74) is 3.17. The first-order chi connectivity index (χ1) is 10.8. The molecule has 0 bridgehead atoms. The molecule has 3 aromatic rings. The van der Waals surface area contributed by atoms with E-state index in [9.17, 15) is 0 Å². The molecule has 0 saturated carbocycles. The van der Waals surface area contributed by atoms with Gasteiger partial charge in [0.2, 0.25) is 0 Å². The van der Waals surface area contributed by atoms with Crippen LogP contribution in [0, 0.1) is 3.57 Å². The number of allylic oxidation sites excluding steroid dienone is 1. The summed E-state index contributed by atoms with van der Waals surface area (Å²) < 4.78 is 1.15. The number of aliphatic imine (C=N–C) groups is 1. The molecule has 0 saturated heterocycles. The zero-order valence-corrected chi connectivity index (χ0v) is 14.8. The smallest absolute Gasteiger partial charge is 0.0809 e. The number of thiophene rings is 1. The van der Waals surface area contributed by atoms with E-state index in [0.29, 0.717) is 0 Å². The Labute approximate surface area is 148 Å². The fourth-order valence-corrected chi connectivity index (χ4v) is 3.21. The molecule has 108 valence electrons. The first kappa shape index (κ1) is 15.2. The van der Waals surface area contributed by atoms with E-state index < -0.39 is 0 Å². The fraction of sp³-hybridized carbons (Fsp3) is 0. The molecule has 1 heterocycles. The molecule has 0 amide bonds. The summed E-state index contributed by atoms with van der Waals surface area (Å²) in [7, 11) is 0. The van der Waals surface area contributed by atoms with Crippen molar-refractivity contribution in [1.82, 2.24) is 0 Å². The van der Waals surface area contributed by atoms with Crippen molar-refractivity contribution in [2.24, 2.45) is 4.99 Å². The Hall–Kier alpha value is -1.72. The zero-order valence-electron chi connectivity index (χ0n) is 11.8. The number of hydrogen-bond acceptors (Lipinski definition) is 2. The van der Waals surface area contributed by atoms with Crippen molar-refractivity contribution < 1.29 is 0 Å². The van der Waals surface area contributed by atoms with Gasteiger partial charge in [-0.1, -0.05) is 54.6 Å². The molecule has 0 radical (unpaired) electrons. The summed E-state index contributed by atoms with van der Waals surface area (Å²) in [6.45, 7) is 0. The molecule has 0 spiro atoms. The number of hydrogen-bond donors (Lipinski definition) is 0. The van der Waals surface area contributed by atoms with Crippen molar-refractivity contribution >= 4 is 51.4 Å². The molecule has 2 aromatic carbocycles. The predicted octanol–water partition coefficient (Wildman–Crippen LogP) is 6.19. The minimum atomic E-state index is 0.989. The van der Waals surface area contributed by atoms with E-state index in [2.05, 4.69) is 70.5 Å².